The molecule has 0 radical (unpaired) electrons. The van der Waals surface area contributed by atoms with Gasteiger partial charge in [-0.1, -0.05) is 48.0 Å². The van der Waals surface area contributed by atoms with Crippen molar-refractivity contribution in [1.82, 2.24) is 14.5 Å². The van der Waals surface area contributed by atoms with Crippen LogP contribution < -0.4 is 5.32 Å². The quantitative estimate of drug-likeness (QED) is 0.515. The van der Waals surface area contributed by atoms with Crippen LogP contribution in [0, 0.1) is 5.92 Å². The van der Waals surface area contributed by atoms with E-state index in [4.69, 9.17) is 16.3 Å². The van der Waals surface area contributed by atoms with Gasteiger partial charge in [-0.15, -0.1) is 0 Å². The highest BCUT2D eigenvalue weighted by Crippen LogP contribution is 2.31. The van der Waals surface area contributed by atoms with Gasteiger partial charge in [0, 0.05) is 41.5 Å². The summed E-state index contributed by atoms with van der Waals surface area (Å²) in [6.45, 7) is 1.13. The van der Waals surface area contributed by atoms with E-state index >= 15 is 0 Å². The molecule has 1 unspecified atom stereocenters. The Labute approximate surface area is 203 Å². The summed E-state index contributed by atoms with van der Waals surface area (Å²) in [5.41, 5.74) is 2.44. The van der Waals surface area contributed by atoms with Crippen molar-refractivity contribution in [1.29, 1.82) is 0 Å². The topological polar surface area (TPSA) is 76.5 Å². The van der Waals surface area contributed by atoms with Crippen LogP contribution >= 0.6 is 11.6 Å². The van der Waals surface area contributed by atoms with Gasteiger partial charge in [-0.05, 0) is 43.9 Å². The summed E-state index contributed by atoms with van der Waals surface area (Å²) in [5, 5.41) is 3.51. The molecule has 0 bridgehead atoms. The molecule has 1 aliphatic carbocycles. The number of amides is 2. The smallest absolute Gasteiger partial charge is 0.246 e. The number of carbonyl (C=O) groups excluding carboxylic acids is 2. The van der Waals surface area contributed by atoms with Crippen LogP contribution in [0.3, 0.4) is 0 Å². The van der Waals surface area contributed by atoms with E-state index < -0.39 is 0 Å². The normalized spacial score (nSPS) is 17.5. The van der Waals surface area contributed by atoms with Crippen LogP contribution in [0.1, 0.15) is 25.7 Å². The van der Waals surface area contributed by atoms with Crippen molar-refractivity contribution in [3.05, 3.63) is 65.8 Å². The molecular formula is C26H27ClN4O3. The molecular weight excluding hydrogens is 452 g/mol. The molecule has 1 aromatic heterocycles. The van der Waals surface area contributed by atoms with Gasteiger partial charge < -0.3 is 9.64 Å². The molecule has 5 rings (SSSR count). The van der Waals surface area contributed by atoms with Crippen molar-refractivity contribution < 1.29 is 14.3 Å². The predicted octanol–water partition coefficient (Wildman–Crippen LogP) is 4.55. The molecule has 1 aliphatic heterocycles. The van der Waals surface area contributed by atoms with Gasteiger partial charge in [0.2, 0.25) is 17.8 Å². The van der Waals surface area contributed by atoms with E-state index in [1.54, 1.807) is 15.5 Å². The fourth-order valence-electron chi connectivity index (χ4n) is 4.23. The van der Waals surface area contributed by atoms with Crippen molar-refractivity contribution in [3.8, 4) is 16.9 Å². The average molecular weight is 479 g/mol. The van der Waals surface area contributed by atoms with Crippen molar-refractivity contribution in [3.63, 3.8) is 0 Å². The summed E-state index contributed by atoms with van der Waals surface area (Å²) >= 11 is 6.22. The molecule has 1 N–H and O–H groups in total. The zero-order chi connectivity index (χ0) is 23.5. The van der Waals surface area contributed by atoms with Crippen molar-refractivity contribution in [2.45, 2.75) is 31.8 Å². The zero-order valence-corrected chi connectivity index (χ0v) is 19.6. The Bertz CT molecular complexity index is 1170. The molecule has 8 heteroatoms. The maximum Gasteiger partial charge on any atom is 0.246 e. The Morgan fingerprint density at radius 3 is 2.65 bits per heavy atom. The van der Waals surface area contributed by atoms with Crippen LogP contribution in [0.4, 0.5) is 5.95 Å². The third-order valence-electron chi connectivity index (χ3n) is 6.13. The maximum absolute atomic E-state index is 13.1. The third-order valence-corrected chi connectivity index (χ3v) is 6.37. The van der Waals surface area contributed by atoms with Gasteiger partial charge in [-0.2, -0.15) is 0 Å². The maximum atomic E-state index is 13.1. The monoisotopic (exact) mass is 478 g/mol. The first-order valence-corrected chi connectivity index (χ1v) is 12.1. The highest BCUT2D eigenvalue weighted by molar-refractivity contribution is 6.30. The number of halogens is 1. The first-order valence-electron chi connectivity index (χ1n) is 11.7. The Morgan fingerprint density at radius 1 is 1.12 bits per heavy atom. The summed E-state index contributed by atoms with van der Waals surface area (Å²) < 4.78 is 7.52. The van der Waals surface area contributed by atoms with E-state index in [1.165, 1.54) is 0 Å². The fraction of sp³-hybridized carbons (Fsp3) is 0.346. The summed E-state index contributed by atoms with van der Waals surface area (Å²) in [6.07, 6.45) is 5.55. The lowest BCUT2D eigenvalue weighted by molar-refractivity contribution is -0.137. The standard InChI is InChI=1S/C26H27ClN4O3/c27-20-8-4-9-21(14-20)31-16-23(18-6-2-1-3-7-18)28-26(31)29-24(32)17-30(25(33)19-11-12-19)15-22-10-5-13-34-22/h1-4,6-9,14,16,19,22H,5,10-13,15,17H2,(H,28,29,32). The van der Waals surface area contributed by atoms with Crippen LogP contribution in [-0.2, 0) is 14.3 Å². The van der Waals surface area contributed by atoms with E-state index in [-0.39, 0.29) is 30.4 Å². The van der Waals surface area contributed by atoms with E-state index in [0.717, 1.165) is 42.6 Å². The summed E-state index contributed by atoms with van der Waals surface area (Å²) in [6, 6.07) is 17.1. The Kier molecular flexibility index (Phi) is 6.65. The Hall–Kier alpha value is -3.16. The molecule has 34 heavy (non-hydrogen) atoms. The van der Waals surface area contributed by atoms with Gasteiger partial charge in [0.15, 0.2) is 0 Å². The van der Waals surface area contributed by atoms with Crippen molar-refractivity contribution in [2.24, 2.45) is 5.92 Å². The van der Waals surface area contributed by atoms with Crippen molar-refractivity contribution in [2.75, 3.05) is 25.0 Å². The summed E-state index contributed by atoms with van der Waals surface area (Å²) in [5.74, 6) is 0.156. The van der Waals surface area contributed by atoms with E-state index in [1.807, 2.05) is 54.7 Å². The molecule has 2 heterocycles. The van der Waals surface area contributed by atoms with Crippen molar-refractivity contribution >= 4 is 29.4 Å². The van der Waals surface area contributed by atoms with Gasteiger partial charge in [-0.25, -0.2) is 4.98 Å². The van der Waals surface area contributed by atoms with Gasteiger partial charge in [-0.3, -0.25) is 19.5 Å². The molecule has 2 aliphatic rings. The lowest BCUT2D eigenvalue weighted by Gasteiger charge is -2.25. The van der Waals surface area contributed by atoms with Gasteiger partial charge in [0.05, 0.1) is 11.8 Å². The van der Waals surface area contributed by atoms with Crippen LogP contribution in [-0.4, -0.2) is 52.1 Å². The van der Waals surface area contributed by atoms with E-state index in [9.17, 15) is 9.59 Å². The number of nitrogens with zero attached hydrogens (tertiary/aromatic N) is 3. The number of anilines is 1. The average Bonchev–Trinajstić information content (AvgIpc) is 3.41. The number of benzene rings is 2. The molecule has 1 saturated heterocycles. The molecule has 0 spiro atoms. The van der Waals surface area contributed by atoms with Gasteiger partial charge in [0.25, 0.3) is 0 Å². The van der Waals surface area contributed by atoms with Crippen LogP contribution in [0.2, 0.25) is 5.02 Å². The fourth-order valence-corrected chi connectivity index (χ4v) is 4.42. The molecule has 2 aromatic carbocycles. The minimum absolute atomic E-state index is 0.00590. The predicted molar refractivity (Wildman–Crippen MR) is 131 cm³/mol. The highest BCUT2D eigenvalue weighted by atomic mass is 35.5. The number of ether oxygens (including phenoxy) is 1. The third kappa shape index (κ3) is 5.32. The number of nitrogens with one attached hydrogen (secondary N) is 1. The number of aromatic nitrogens is 2. The second kappa shape index (κ2) is 9.99. The molecule has 7 nitrogen and oxygen atoms in total. The minimum atomic E-state index is -0.291. The molecule has 176 valence electrons. The van der Waals surface area contributed by atoms with E-state index in [2.05, 4.69) is 10.3 Å². The Balaban J connectivity index is 1.38. The first-order chi connectivity index (χ1) is 16.6. The largest absolute Gasteiger partial charge is 0.376 e. The lowest BCUT2D eigenvalue weighted by Crippen LogP contribution is -2.43. The van der Waals surface area contributed by atoms with Crippen LogP contribution in [0.5, 0.6) is 0 Å². The summed E-state index contributed by atoms with van der Waals surface area (Å²) in [4.78, 5) is 32.3. The molecule has 1 saturated carbocycles. The van der Waals surface area contributed by atoms with Gasteiger partial charge >= 0.3 is 0 Å². The number of imidazole rings is 1. The minimum Gasteiger partial charge on any atom is -0.376 e. The van der Waals surface area contributed by atoms with Crippen LogP contribution in [0.25, 0.3) is 16.9 Å². The van der Waals surface area contributed by atoms with Gasteiger partial charge in [0.1, 0.15) is 6.54 Å². The van der Waals surface area contributed by atoms with E-state index in [0.29, 0.717) is 24.1 Å². The van der Waals surface area contributed by atoms with Crippen LogP contribution in [0.15, 0.2) is 60.8 Å². The molecule has 2 amide bonds. The molecule has 2 fully saturated rings. The summed E-state index contributed by atoms with van der Waals surface area (Å²) in [7, 11) is 0. The Morgan fingerprint density at radius 2 is 1.94 bits per heavy atom. The number of rotatable bonds is 8. The SMILES string of the molecule is O=C(CN(CC1CCCO1)C(=O)C1CC1)Nc1nc(-c2ccccc2)cn1-c1cccc(Cl)c1. The lowest BCUT2D eigenvalue weighted by atomic mass is 10.2. The number of carbonyl (C=O) groups is 2. The second-order valence-corrected chi connectivity index (χ2v) is 9.28. The zero-order valence-electron chi connectivity index (χ0n) is 18.8. The molecule has 3 aromatic rings. The second-order valence-electron chi connectivity index (χ2n) is 8.84. The first kappa shape index (κ1) is 22.6. The molecule has 1 atom stereocenters. The number of hydrogen-bond acceptors (Lipinski definition) is 4. The number of hydrogen-bond donors (Lipinski definition) is 1. The highest BCUT2D eigenvalue weighted by Gasteiger charge is 2.35.